The van der Waals surface area contributed by atoms with Crippen molar-refractivity contribution in [2.75, 3.05) is 6.54 Å². The quantitative estimate of drug-likeness (QED) is 0.806. The highest BCUT2D eigenvalue weighted by molar-refractivity contribution is 6.07. The minimum atomic E-state index is -0.826. The number of carbonyl (C=O) groups excluding carboxylic acids is 2. The van der Waals surface area contributed by atoms with Gasteiger partial charge in [0.2, 0.25) is 0 Å². The van der Waals surface area contributed by atoms with Gasteiger partial charge in [-0.1, -0.05) is 20.8 Å². The van der Waals surface area contributed by atoms with E-state index in [4.69, 9.17) is 5.26 Å². The van der Waals surface area contributed by atoms with Crippen molar-refractivity contribution < 1.29 is 9.59 Å². The van der Waals surface area contributed by atoms with Gasteiger partial charge in [0, 0.05) is 13.0 Å². The van der Waals surface area contributed by atoms with E-state index in [1.54, 1.807) is 0 Å². The van der Waals surface area contributed by atoms with Crippen molar-refractivity contribution >= 4 is 11.9 Å². The van der Waals surface area contributed by atoms with Gasteiger partial charge >= 0.3 is 6.03 Å². The van der Waals surface area contributed by atoms with Crippen LogP contribution < -0.4 is 5.32 Å². The van der Waals surface area contributed by atoms with E-state index in [2.05, 4.69) is 32.2 Å². The summed E-state index contributed by atoms with van der Waals surface area (Å²) >= 11 is 0. The second-order valence-corrected chi connectivity index (χ2v) is 7.81. The predicted octanol–water partition coefficient (Wildman–Crippen LogP) is 2.57. The van der Waals surface area contributed by atoms with Gasteiger partial charge in [0.25, 0.3) is 5.91 Å². The Morgan fingerprint density at radius 3 is 2.61 bits per heavy atom. The van der Waals surface area contributed by atoms with Crippen molar-refractivity contribution in [3.05, 3.63) is 0 Å². The number of nitrogens with zero attached hydrogens (tertiary/aromatic N) is 3. The molecule has 6 nitrogen and oxygen atoms in total. The molecule has 3 amide bonds. The second kappa shape index (κ2) is 6.20. The summed E-state index contributed by atoms with van der Waals surface area (Å²) in [6.07, 6.45) is 2.92. The molecule has 1 aliphatic heterocycles. The molecule has 23 heavy (non-hydrogen) atoms. The lowest BCUT2D eigenvalue weighted by Gasteiger charge is -2.43. The molecule has 1 heterocycles. The first kappa shape index (κ1) is 17.3. The fourth-order valence-electron chi connectivity index (χ4n) is 4.33. The molecule has 2 rings (SSSR count). The first-order valence-corrected chi connectivity index (χ1v) is 8.14. The molecule has 1 aliphatic carbocycles. The largest absolute Gasteiger partial charge is 0.325 e. The van der Waals surface area contributed by atoms with Crippen LogP contribution in [-0.4, -0.2) is 28.9 Å². The Kier molecular flexibility index (Phi) is 4.66. The maximum atomic E-state index is 12.9. The summed E-state index contributed by atoms with van der Waals surface area (Å²) in [4.78, 5) is 26.4. The smallest absolute Gasteiger partial charge is 0.323 e. The van der Waals surface area contributed by atoms with Gasteiger partial charge in [-0.05, 0) is 37.0 Å². The molecule has 2 aliphatic rings. The number of carbonyl (C=O) groups is 2. The summed E-state index contributed by atoms with van der Waals surface area (Å²) < 4.78 is 0. The molecule has 1 saturated carbocycles. The number of imide groups is 1. The fourth-order valence-corrected chi connectivity index (χ4v) is 4.33. The normalized spacial score (nSPS) is 30.7. The highest BCUT2D eigenvalue weighted by Gasteiger charge is 2.56. The van der Waals surface area contributed by atoms with Crippen LogP contribution in [-0.2, 0) is 4.79 Å². The van der Waals surface area contributed by atoms with Crippen LogP contribution in [0.15, 0.2) is 0 Å². The van der Waals surface area contributed by atoms with E-state index >= 15 is 0 Å². The molecular weight excluding hydrogens is 292 g/mol. The molecular formula is C17H24N4O2. The van der Waals surface area contributed by atoms with Crippen molar-refractivity contribution in [3.8, 4) is 12.1 Å². The lowest BCUT2D eigenvalue weighted by atomic mass is 9.64. The number of hydrogen-bond acceptors (Lipinski definition) is 4. The molecule has 1 N–H and O–H groups in total. The summed E-state index contributed by atoms with van der Waals surface area (Å²) in [7, 11) is 0. The number of hydrogen-bond donors (Lipinski definition) is 1. The SMILES string of the molecule is C[C@@H]1CC(C)(C)C[C@@]2(C1)NC(=O)N(C[C@H](C#N)CCC#N)C2=O. The highest BCUT2D eigenvalue weighted by Crippen LogP contribution is 2.46. The van der Waals surface area contributed by atoms with Crippen molar-refractivity contribution in [1.29, 1.82) is 10.5 Å². The lowest BCUT2D eigenvalue weighted by Crippen LogP contribution is -2.54. The lowest BCUT2D eigenvalue weighted by molar-refractivity contribution is -0.135. The van der Waals surface area contributed by atoms with Crippen molar-refractivity contribution in [2.24, 2.45) is 17.3 Å². The first-order valence-electron chi connectivity index (χ1n) is 8.14. The fraction of sp³-hybridized carbons (Fsp3) is 0.765. The van der Waals surface area contributed by atoms with Gasteiger partial charge in [-0.25, -0.2) is 4.79 Å². The molecule has 3 atom stereocenters. The summed E-state index contributed by atoms with van der Waals surface area (Å²) in [6, 6.07) is 3.69. The van der Waals surface area contributed by atoms with Crippen LogP contribution in [0.1, 0.15) is 52.9 Å². The predicted molar refractivity (Wildman–Crippen MR) is 83.7 cm³/mol. The number of nitrogens with one attached hydrogen (secondary N) is 1. The summed E-state index contributed by atoms with van der Waals surface area (Å²) in [6.45, 7) is 6.42. The first-order chi connectivity index (χ1) is 10.7. The van der Waals surface area contributed by atoms with Crippen LogP contribution in [0, 0.1) is 39.9 Å². The Labute approximate surface area is 137 Å². The van der Waals surface area contributed by atoms with Crippen LogP contribution in [0.5, 0.6) is 0 Å². The molecule has 1 saturated heterocycles. The third-order valence-electron chi connectivity index (χ3n) is 4.81. The van der Waals surface area contributed by atoms with Gasteiger partial charge in [-0.3, -0.25) is 9.69 Å². The van der Waals surface area contributed by atoms with E-state index < -0.39 is 17.5 Å². The Hall–Kier alpha value is -2.08. The van der Waals surface area contributed by atoms with E-state index in [1.165, 1.54) is 4.90 Å². The molecule has 124 valence electrons. The molecule has 1 spiro atoms. The van der Waals surface area contributed by atoms with Crippen LogP contribution in [0.3, 0.4) is 0 Å². The summed E-state index contributed by atoms with van der Waals surface area (Å²) in [5.74, 6) is -0.346. The van der Waals surface area contributed by atoms with Gasteiger partial charge < -0.3 is 5.32 Å². The second-order valence-electron chi connectivity index (χ2n) is 7.81. The molecule has 0 radical (unpaired) electrons. The van der Waals surface area contributed by atoms with Gasteiger partial charge in [-0.2, -0.15) is 10.5 Å². The Balaban J connectivity index is 2.17. The monoisotopic (exact) mass is 316 g/mol. The number of amides is 3. The topological polar surface area (TPSA) is 97.0 Å². The van der Waals surface area contributed by atoms with E-state index in [0.29, 0.717) is 25.2 Å². The molecule has 6 heteroatoms. The third-order valence-corrected chi connectivity index (χ3v) is 4.81. The average molecular weight is 316 g/mol. The zero-order valence-corrected chi connectivity index (χ0v) is 14.1. The van der Waals surface area contributed by atoms with Gasteiger partial charge in [-0.15, -0.1) is 0 Å². The minimum Gasteiger partial charge on any atom is -0.323 e. The van der Waals surface area contributed by atoms with Crippen LogP contribution in [0.2, 0.25) is 0 Å². The van der Waals surface area contributed by atoms with Gasteiger partial charge in [0.1, 0.15) is 5.54 Å². The number of urea groups is 1. The number of rotatable bonds is 4. The molecule has 0 unspecified atom stereocenters. The zero-order valence-electron chi connectivity index (χ0n) is 14.1. The van der Waals surface area contributed by atoms with E-state index in [-0.39, 0.29) is 24.3 Å². The summed E-state index contributed by atoms with van der Waals surface area (Å²) in [5.41, 5.74) is -0.834. The Morgan fingerprint density at radius 1 is 1.35 bits per heavy atom. The standard InChI is InChI=1S/C17H24N4O2/c1-12-7-16(2,3)11-17(8-12)14(22)21(15(23)20-17)10-13(9-19)5-4-6-18/h12-13H,4-5,7-8,10-11H2,1-3H3,(H,20,23)/t12-,13+,17-/m1/s1. The molecule has 0 bridgehead atoms. The van der Waals surface area contributed by atoms with E-state index in [1.807, 2.05) is 6.07 Å². The maximum absolute atomic E-state index is 12.9. The minimum absolute atomic E-state index is 0.00788. The van der Waals surface area contributed by atoms with Crippen LogP contribution >= 0.6 is 0 Å². The van der Waals surface area contributed by atoms with Crippen molar-refractivity contribution in [2.45, 2.75) is 58.4 Å². The van der Waals surface area contributed by atoms with Crippen LogP contribution in [0.4, 0.5) is 4.79 Å². The third kappa shape index (κ3) is 3.47. The number of nitriles is 2. The van der Waals surface area contributed by atoms with Crippen molar-refractivity contribution in [1.82, 2.24) is 10.2 Å². The molecule has 0 aromatic rings. The van der Waals surface area contributed by atoms with Gasteiger partial charge in [0.15, 0.2) is 0 Å². The van der Waals surface area contributed by atoms with Crippen LogP contribution in [0.25, 0.3) is 0 Å². The van der Waals surface area contributed by atoms with E-state index in [0.717, 1.165) is 6.42 Å². The summed E-state index contributed by atoms with van der Waals surface area (Å²) in [5, 5.41) is 20.7. The molecule has 0 aromatic heterocycles. The average Bonchev–Trinajstić information content (AvgIpc) is 2.64. The maximum Gasteiger partial charge on any atom is 0.325 e. The Morgan fingerprint density at radius 2 is 2.04 bits per heavy atom. The molecule has 0 aromatic carbocycles. The zero-order chi connectivity index (χ0) is 17.3. The van der Waals surface area contributed by atoms with Crippen molar-refractivity contribution in [3.63, 3.8) is 0 Å². The Bertz CT molecular complexity index is 586. The van der Waals surface area contributed by atoms with Gasteiger partial charge in [0.05, 0.1) is 18.1 Å². The highest BCUT2D eigenvalue weighted by atomic mass is 16.2. The van der Waals surface area contributed by atoms with E-state index in [9.17, 15) is 14.9 Å². The molecule has 2 fully saturated rings.